The van der Waals surface area contributed by atoms with Crippen LogP contribution in [0.5, 0.6) is 34.5 Å². The molecular weight excluding hydrogens is 584 g/mol. The van der Waals surface area contributed by atoms with E-state index in [2.05, 4.69) is 0 Å². The van der Waals surface area contributed by atoms with E-state index in [1.165, 1.54) is 0 Å². The van der Waals surface area contributed by atoms with Crippen molar-refractivity contribution in [3.05, 3.63) is 143 Å². The van der Waals surface area contributed by atoms with Gasteiger partial charge in [-0.1, -0.05) is 60.7 Å². The van der Waals surface area contributed by atoms with Crippen molar-refractivity contribution in [3.63, 3.8) is 0 Å². The molecule has 8 nitrogen and oxygen atoms in total. The number of benzene rings is 5. The number of methoxy groups -OCH3 is 4. The van der Waals surface area contributed by atoms with E-state index in [0.717, 1.165) is 0 Å². The number of aliphatic hydroxyl groups is 2. The Morgan fingerprint density at radius 3 is 1.15 bits per heavy atom. The smallest absolute Gasteiger partial charge is 0.161 e. The number of fused-ring (bicyclic) bond motifs is 2. The van der Waals surface area contributed by atoms with E-state index in [9.17, 15) is 10.2 Å². The first-order valence-electron chi connectivity index (χ1n) is 14.9. The molecule has 0 spiro atoms. The van der Waals surface area contributed by atoms with Crippen LogP contribution in [0, 0.1) is 0 Å². The topological polar surface area (TPSA) is 95.8 Å². The first kappa shape index (κ1) is 29.5. The van der Waals surface area contributed by atoms with E-state index in [0.29, 0.717) is 67.9 Å². The van der Waals surface area contributed by atoms with Crippen molar-refractivity contribution in [3.8, 4) is 34.5 Å². The average molecular weight is 619 g/mol. The summed E-state index contributed by atoms with van der Waals surface area (Å²) in [5.41, 5.74) is 0.222. The lowest BCUT2D eigenvalue weighted by Gasteiger charge is -2.32. The Labute approximate surface area is 267 Å². The molecule has 0 saturated carbocycles. The third kappa shape index (κ3) is 4.52. The van der Waals surface area contributed by atoms with Crippen LogP contribution >= 0.6 is 0 Å². The predicted molar refractivity (Wildman–Crippen MR) is 171 cm³/mol. The Morgan fingerprint density at radius 1 is 0.478 bits per heavy atom. The highest BCUT2D eigenvalue weighted by atomic mass is 16.5. The molecule has 0 aromatic heterocycles. The average Bonchev–Trinajstić information content (AvgIpc) is 3.58. The van der Waals surface area contributed by atoms with Gasteiger partial charge in [-0.25, -0.2) is 0 Å². The summed E-state index contributed by atoms with van der Waals surface area (Å²) in [7, 11) is 6.30. The Bertz CT molecular complexity index is 1710. The quantitative estimate of drug-likeness (QED) is 0.205. The van der Waals surface area contributed by atoms with Crippen molar-refractivity contribution in [1.29, 1.82) is 0 Å². The number of rotatable bonds is 8. The van der Waals surface area contributed by atoms with Gasteiger partial charge in [0.2, 0.25) is 0 Å². The summed E-state index contributed by atoms with van der Waals surface area (Å²) < 4.78 is 35.4. The minimum Gasteiger partial charge on any atom is -0.497 e. The van der Waals surface area contributed by atoms with Gasteiger partial charge in [0.1, 0.15) is 34.5 Å². The van der Waals surface area contributed by atoms with Crippen LogP contribution in [0.1, 0.15) is 45.6 Å². The van der Waals surface area contributed by atoms with Gasteiger partial charge < -0.3 is 38.6 Å². The lowest BCUT2D eigenvalue weighted by atomic mass is 9.76. The van der Waals surface area contributed by atoms with E-state index < -0.39 is 23.4 Å². The Hall–Kier alpha value is -5.18. The molecular formula is C38H34O8. The molecule has 2 heterocycles. The highest BCUT2D eigenvalue weighted by Gasteiger charge is 2.55. The van der Waals surface area contributed by atoms with Gasteiger partial charge in [-0.05, 0) is 41.5 Å². The fourth-order valence-corrected chi connectivity index (χ4v) is 6.64. The van der Waals surface area contributed by atoms with Gasteiger partial charge in [0.15, 0.2) is 23.4 Å². The highest BCUT2D eigenvalue weighted by Crippen LogP contribution is 2.60. The fourth-order valence-electron chi connectivity index (χ4n) is 6.64. The molecule has 2 N–H and O–H groups in total. The van der Waals surface area contributed by atoms with Crippen LogP contribution in [-0.2, 0) is 11.2 Å². The summed E-state index contributed by atoms with van der Waals surface area (Å²) in [6.45, 7) is 0. The molecule has 4 unspecified atom stereocenters. The second-order valence-corrected chi connectivity index (χ2v) is 11.4. The second-order valence-electron chi connectivity index (χ2n) is 11.4. The molecule has 0 amide bonds. The zero-order valence-corrected chi connectivity index (χ0v) is 25.9. The predicted octanol–water partition coefficient (Wildman–Crippen LogP) is 6.46. The molecule has 0 aliphatic carbocycles. The van der Waals surface area contributed by atoms with E-state index >= 15 is 0 Å². The van der Waals surface area contributed by atoms with Gasteiger partial charge >= 0.3 is 0 Å². The molecule has 234 valence electrons. The van der Waals surface area contributed by atoms with Crippen LogP contribution in [-0.4, -0.2) is 38.7 Å². The molecule has 4 atom stereocenters. The zero-order chi connectivity index (χ0) is 32.1. The fraction of sp³-hybridized carbons (Fsp3) is 0.211. The minimum absolute atomic E-state index is 0.427. The van der Waals surface area contributed by atoms with E-state index in [1.807, 2.05) is 84.9 Å². The molecule has 0 saturated heterocycles. The maximum Gasteiger partial charge on any atom is 0.161 e. The van der Waals surface area contributed by atoms with E-state index in [-0.39, 0.29) is 0 Å². The highest BCUT2D eigenvalue weighted by molar-refractivity contribution is 5.63. The molecule has 2 aliphatic rings. The SMILES string of the molecule is COc1cc(OC)cc(C2Oc3cc4c(cc3C2(O)c2ccccc2)C(O)(c2ccccc2)C(c2cc(OC)cc(OC)c2)O4)c1. The second kappa shape index (κ2) is 11.3. The monoisotopic (exact) mass is 618 g/mol. The van der Waals surface area contributed by atoms with Gasteiger partial charge in [-0.2, -0.15) is 0 Å². The lowest BCUT2D eigenvalue weighted by molar-refractivity contribution is -0.0120. The van der Waals surface area contributed by atoms with Gasteiger partial charge in [-0.3, -0.25) is 0 Å². The van der Waals surface area contributed by atoms with Crippen LogP contribution in [0.2, 0.25) is 0 Å². The van der Waals surface area contributed by atoms with Crippen molar-refractivity contribution in [2.75, 3.05) is 28.4 Å². The maximum absolute atomic E-state index is 12.9. The third-order valence-electron chi connectivity index (χ3n) is 8.93. The largest absolute Gasteiger partial charge is 0.497 e. The van der Waals surface area contributed by atoms with Crippen LogP contribution in [0.25, 0.3) is 0 Å². The molecule has 0 bridgehead atoms. The molecule has 8 heteroatoms. The molecule has 0 radical (unpaired) electrons. The van der Waals surface area contributed by atoms with E-state index in [1.54, 1.807) is 52.7 Å². The van der Waals surface area contributed by atoms with Crippen molar-refractivity contribution in [2.24, 2.45) is 0 Å². The van der Waals surface area contributed by atoms with Crippen molar-refractivity contribution >= 4 is 0 Å². The van der Waals surface area contributed by atoms with E-state index in [4.69, 9.17) is 28.4 Å². The lowest BCUT2D eigenvalue weighted by Crippen LogP contribution is -2.34. The van der Waals surface area contributed by atoms with Gasteiger partial charge in [0.05, 0.1) is 28.4 Å². The summed E-state index contributed by atoms with van der Waals surface area (Å²) in [4.78, 5) is 0. The molecule has 0 fully saturated rings. The van der Waals surface area contributed by atoms with Crippen LogP contribution in [0.15, 0.2) is 109 Å². The first-order chi connectivity index (χ1) is 22.3. The summed E-state index contributed by atoms with van der Waals surface area (Å²) >= 11 is 0. The maximum atomic E-state index is 12.9. The Morgan fingerprint density at radius 2 is 0.826 bits per heavy atom. The molecule has 2 aliphatic heterocycles. The summed E-state index contributed by atoms with van der Waals surface area (Å²) in [5.74, 6) is 3.10. The molecule has 5 aromatic carbocycles. The van der Waals surface area contributed by atoms with Crippen LogP contribution in [0.4, 0.5) is 0 Å². The number of hydrogen-bond acceptors (Lipinski definition) is 8. The Balaban J connectivity index is 1.44. The zero-order valence-electron chi connectivity index (χ0n) is 25.9. The first-order valence-corrected chi connectivity index (χ1v) is 14.9. The van der Waals surface area contributed by atoms with Crippen LogP contribution in [0.3, 0.4) is 0 Å². The molecule has 7 rings (SSSR count). The summed E-state index contributed by atoms with van der Waals surface area (Å²) in [6, 6.07) is 33.1. The third-order valence-corrected chi connectivity index (χ3v) is 8.93. The van der Waals surface area contributed by atoms with Gasteiger partial charge in [0, 0.05) is 40.5 Å². The van der Waals surface area contributed by atoms with Gasteiger partial charge in [-0.15, -0.1) is 0 Å². The summed E-state index contributed by atoms with van der Waals surface area (Å²) in [5, 5.41) is 25.8. The van der Waals surface area contributed by atoms with Crippen molar-refractivity contribution in [1.82, 2.24) is 0 Å². The number of ether oxygens (including phenoxy) is 6. The molecule has 5 aromatic rings. The normalized spacial score (nSPS) is 22.7. The standard InChI is InChI=1S/C38H34O8/c1-41-27-15-23(16-28(19-27)42-2)35-37(39,25-11-7-5-8-12-25)31-21-32-34(22-33(31)45-35)46-36(38(32,40)26-13-9-6-10-14-26)24-17-29(43-3)20-30(18-24)44-4/h5-22,35-36,39-40H,1-4H3. The summed E-state index contributed by atoms with van der Waals surface area (Å²) in [6.07, 6.45) is -1.75. The number of hydrogen-bond donors (Lipinski definition) is 2. The Kier molecular flexibility index (Phi) is 7.26. The van der Waals surface area contributed by atoms with Crippen LogP contribution < -0.4 is 28.4 Å². The minimum atomic E-state index is -1.65. The van der Waals surface area contributed by atoms with Crippen molar-refractivity contribution in [2.45, 2.75) is 23.4 Å². The van der Waals surface area contributed by atoms with Crippen molar-refractivity contribution < 1.29 is 38.6 Å². The van der Waals surface area contributed by atoms with Gasteiger partial charge in [0.25, 0.3) is 0 Å². The molecule has 46 heavy (non-hydrogen) atoms.